The third-order valence-corrected chi connectivity index (χ3v) is 7.31. The topological polar surface area (TPSA) is 120 Å². The molecule has 29 heavy (non-hydrogen) atoms. The first-order valence-electron chi connectivity index (χ1n) is 9.79. The highest BCUT2D eigenvalue weighted by molar-refractivity contribution is 5.92. The van der Waals surface area contributed by atoms with Crippen molar-refractivity contribution in [1.82, 2.24) is 24.8 Å². The first-order chi connectivity index (χ1) is 13.8. The molecule has 0 spiro atoms. The maximum absolute atomic E-state index is 13.5. The average molecular weight is 389 g/mol. The van der Waals surface area contributed by atoms with Crippen LogP contribution >= 0.6 is 0 Å². The van der Waals surface area contributed by atoms with E-state index in [1.807, 2.05) is 22.9 Å². The highest BCUT2D eigenvalue weighted by atomic mass is 16.2. The van der Waals surface area contributed by atoms with Crippen LogP contribution in [0, 0.1) is 28.1 Å². The maximum Gasteiger partial charge on any atom is 0.232 e. The summed E-state index contributed by atoms with van der Waals surface area (Å²) in [6, 6.07) is 3.94. The van der Waals surface area contributed by atoms with Crippen LogP contribution in [0.1, 0.15) is 62.8 Å². The molecular weight excluding hydrogens is 366 g/mol. The van der Waals surface area contributed by atoms with Crippen LogP contribution in [0.3, 0.4) is 0 Å². The predicted octanol–water partition coefficient (Wildman–Crippen LogP) is 1.95. The van der Waals surface area contributed by atoms with E-state index in [-0.39, 0.29) is 22.7 Å². The van der Waals surface area contributed by atoms with Crippen LogP contribution in [-0.4, -0.2) is 32.0 Å². The molecule has 2 unspecified atom stereocenters. The fourth-order valence-electron chi connectivity index (χ4n) is 5.17. The molecule has 2 aliphatic rings. The van der Waals surface area contributed by atoms with Gasteiger partial charge in [-0.05, 0) is 24.7 Å². The molecule has 1 N–H and O–H groups in total. The Morgan fingerprint density at radius 2 is 1.86 bits per heavy atom. The minimum Gasteiger partial charge on any atom is -0.355 e. The average Bonchev–Trinajstić information content (AvgIpc) is 3.33. The summed E-state index contributed by atoms with van der Waals surface area (Å²) in [4.78, 5) is 26.6. The van der Waals surface area contributed by atoms with Crippen molar-refractivity contribution in [2.24, 2.45) is 5.41 Å². The fraction of sp³-hybridized carbons (Fsp3) is 0.524. The van der Waals surface area contributed by atoms with Gasteiger partial charge < -0.3 is 9.88 Å². The Morgan fingerprint density at radius 1 is 1.17 bits per heavy atom. The Labute approximate surface area is 169 Å². The van der Waals surface area contributed by atoms with E-state index in [1.54, 1.807) is 12.5 Å². The lowest BCUT2D eigenvalue weighted by molar-refractivity contribution is -0.130. The summed E-state index contributed by atoms with van der Waals surface area (Å²) in [7, 11) is 0. The molecule has 148 valence electrons. The lowest BCUT2D eigenvalue weighted by atomic mass is 9.63. The van der Waals surface area contributed by atoms with Gasteiger partial charge in [0.15, 0.2) is 11.4 Å². The maximum atomic E-state index is 13.5. The van der Waals surface area contributed by atoms with E-state index in [2.05, 4.69) is 41.0 Å². The Hall–Kier alpha value is -3.26. The largest absolute Gasteiger partial charge is 0.355 e. The van der Waals surface area contributed by atoms with Crippen molar-refractivity contribution in [2.75, 3.05) is 6.54 Å². The van der Waals surface area contributed by atoms with Gasteiger partial charge in [0.1, 0.15) is 12.1 Å². The molecular formula is C21H23N7O. The van der Waals surface area contributed by atoms with E-state index in [9.17, 15) is 15.3 Å². The number of nitrogens with one attached hydrogen (secondary N) is 1. The van der Waals surface area contributed by atoms with Crippen molar-refractivity contribution in [3.8, 4) is 12.1 Å². The van der Waals surface area contributed by atoms with Crippen LogP contribution in [0.4, 0.5) is 0 Å². The van der Waals surface area contributed by atoms with E-state index in [1.165, 1.54) is 0 Å². The third-order valence-electron chi connectivity index (χ3n) is 7.31. The van der Waals surface area contributed by atoms with Crippen molar-refractivity contribution in [3.05, 3.63) is 41.5 Å². The highest BCUT2D eigenvalue weighted by Crippen LogP contribution is 2.70. The van der Waals surface area contributed by atoms with Crippen LogP contribution in [-0.2, 0) is 22.2 Å². The monoisotopic (exact) mass is 389 g/mol. The second-order valence-electron chi connectivity index (χ2n) is 8.61. The van der Waals surface area contributed by atoms with Gasteiger partial charge in [0.05, 0.1) is 23.1 Å². The molecule has 1 amide bonds. The van der Waals surface area contributed by atoms with Crippen LogP contribution in [0.5, 0.6) is 0 Å². The van der Waals surface area contributed by atoms with Gasteiger partial charge in [-0.1, -0.05) is 20.8 Å². The minimum absolute atomic E-state index is 0.00881. The first-order valence-corrected chi connectivity index (χ1v) is 9.79. The summed E-state index contributed by atoms with van der Waals surface area (Å²) in [6.45, 7) is 7.55. The van der Waals surface area contributed by atoms with Crippen LogP contribution in [0.25, 0.3) is 0 Å². The molecule has 0 saturated heterocycles. The number of nitrogens with zero attached hydrogens (tertiary/aromatic N) is 6. The third kappa shape index (κ3) is 2.35. The van der Waals surface area contributed by atoms with Gasteiger partial charge in [-0.25, -0.2) is 15.0 Å². The fourth-order valence-corrected chi connectivity index (χ4v) is 5.17. The zero-order valence-electron chi connectivity index (χ0n) is 16.9. The van der Waals surface area contributed by atoms with E-state index in [4.69, 9.17) is 0 Å². The lowest BCUT2D eigenvalue weighted by Gasteiger charge is -2.39. The Bertz CT molecular complexity index is 1060. The standard InChI is InChI=1S/C21H23N7O/c1-19(2)20(3)5-6-21(19,17-16(20)26-14(11-22)15(12-23)27-17)18(29)25-7-4-9-28-10-8-24-13-28/h8,10,13H,4-7,9H2,1-3H3,(H,25,29). The second-order valence-corrected chi connectivity index (χ2v) is 8.61. The number of fused-ring (bicyclic) bond motifs is 5. The number of carbonyl (C=O) groups is 1. The molecule has 2 heterocycles. The van der Waals surface area contributed by atoms with Crippen molar-refractivity contribution < 1.29 is 4.79 Å². The number of carbonyl (C=O) groups excluding carboxylic acids is 1. The normalized spacial score (nSPS) is 25.8. The van der Waals surface area contributed by atoms with Crippen LogP contribution < -0.4 is 5.32 Å². The molecule has 0 radical (unpaired) electrons. The molecule has 2 aliphatic carbocycles. The number of imidazole rings is 1. The van der Waals surface area contributed by atoms with Gasteiger partial charge in [-0.3, -0.25) is 4.79 Å². The van der Waals surface area contributed by atoms with Crippen molar-refractivity contribution >= 4 is 5.91 Å². The summed E-state index contributed by atoms with van der Waals surface area (Å²) >= 11 is 0. The molecule has 2 bridgehead atoms. The quantitative estimate of drug-likeness (QED) is 0.780. The molecule has 2 aromatic rings. The summed E-state index contributed by atoms with van der Waals surface area (Å²) in [6.07, 6.45) is 7.61. The number of aryl methyl sites for hydroxylation is 1. The summed E-state index contributed by atoms with van der Waals surface area (Å²) < 4.78 is 1.97. The molecule has 4 rings (SSSR count). The van der Waals surface area contributed by atoms with Gasteiger partial charge in [-0.15, -0.1) is 0 Å². The number of aromatic nitrogens is 4. The molecule has 8 heteroatoms. The molecule has 0 aliphatic heterocycles. The van der Waals surface area contributed by atoms with Crippen LogP contribution in [0.15, 0.2) is 18.7 Å². The van der Waals surface area contributed by atoms with Crippen molar-refractivity contribution in [3.63, 3.8) is 0 Å². The highest BCUT2D eigenvalue weighted by Gasteiger charge is 2.73. The predicted molar refractivity (Wildman–Crippen MR) is 103 cm³/mol. The van der Waals surface area contributed by atoms with Crippen molar-refractivity contribution in [1.29, 1.82) is 10.5 Å². The zero-order valence-corrected chi connectivity index (χ0v) is 16.9. The summed E-state index contributed by atoms with van der Waals surface area (Å²) in [5, 5.41) is 21.9. The number of hydrogen-bond acceptors (Lipinski definition) is 6. The second kappa shape index (κ2) is 6.38. The van der Waals surface area contributed by atoms with Gasteiger partial charge in [0, 0.05) is 30.9 Å². The van der Waals surface area contributed by atoms with Gasteiger partial charge >= 0.3 is 0 Å². The molecule has 1 fully saturated rings. The summed E-state index contributed by atoms with van der Waals surface area (Å²) in [5.41, 5.74) is -0.367. The van der Waals surface area contributed by atoms with Crippen molar-refractivity contribution in [2.45, 2.75) is 57.4 Å². The zero-order chi connectivity index (χ0) is 20.9. The molecule has 1 saturated carbocycles. The van der Waals surface area contributed by atoms with Gasteiger partial charge in [-0.2, -0.15) is 10.5 Å². The van der Waals surface area contributed by atoms with Gasteiger partial charge in [0.2, 0.25) is 5.91 Å². The lowest BCUT2D eigenvalue weighted by Crippen LogP contribution is -2.51. The minimum atomic E-state index is -0.849. The summed E-state index contributed by atoms with van der Waals surface area (Å²) in [5.74, 6) is -0.0708. The smallest absolute Gasteiger partial charge is 0.232 e. The van der Waals surface area contributed by atoms with E-state index < -0.39 is 10.8 Å². The molecule has 2 aromatic heterocycles. The van der Waals surface area contributed by atoms with Crippen LogP contribution in [0.2, 0.25) is 0 Å². The Kier molecular flexibility index (Phi) is 4.20. The van der Waals surface area contributed by atoms with Gasteiger partial charge in [0.25, 0.3) is 0 Å². The molecule has 0 aromatic carbocycles. The number of hydrogen-bond donors (Lipinski definition) is 1. The molecule has 2 atom stereocenters. The van der Waals surface area contributed by atoms with E-state index in [0.717, 1.165) is 19.4 Å². The number of nitriles is 2. The Morgan fingerprint density at radius 3 is 2.48 bits per heavy atom. The van der Waals surface area contributed by atoms with E-state index in [0.29, 0.717) is 24.4 Å². The Balaban J connectivity index is 1.66. The number of rotatable bonds is 5. The number of amides is 1. The molecule has 8 nitrogen and oxygen atoms in total. The SMILES string of the molecule is CC12CCC(C(=O)NCCCn3ccnc3)(c3nc(C#N)c(C#N)nc31)C2(C)C. The van der Waals surface area contributed by atoms with E-state index >= 15 is 0 Å². The first kappa shape index (κ1) is 19.1.